The Labute approximate surface area is 178 Å². The standard InChI is InChI=1S/C21H26F2N6O2/c1-21(2,3)29-10-13(9-26-29)14-6-15-19(28(4)11-25-15)20(27-14)31-16(7-17(22)23)12-5-18(30)24-8-12/h6,9-12,16-17H,5,7-8H2,1-4H3,(H,24,30)/t12-,16?/m1/s1. The van der Waals surface area contributed by atoms with Gasteiger partial charge in [-0.3, -0.25) is 9.48 Å². The Morgan fingerprint density at radius 3 is 2.74 bits per heavy atom. The Morgan fingerprint density at radius 1 is 1.35 bits per heavy atom. The number of rotatable bonds is 6. The summed E-state index contributed by atoms with van der Waals surface area (Å²) in [5.41, 5.74) is 2.42. The Balaban J connectivity index is 1.74. The number of hydrogen-bond acceptors (Lipinski definition) is 5. The van der Waals surface area contributed by atoms with E-state index in [1.807, 2.05) is 37.7 Å². The minimum absolute atomic E-state index is 0.157. The third kappa shape index (κ3) is 4.38. The van der Waals surface area contributed by atoms with Crippen molar-refractivity contribution < 1.29 is 18.3 Å². The lowest BCUT2D eigenvalue weighted by Crippen LogP contribution is -2.31. The first-order valence-corrected chi connectivity index (χ1v) is 10.2. The van der Waals surface area contributed by atoms with Crippen LogP contribution in [0.2, 0.25) is 0 Å². The molecule has 1 fully saturated rings. The van der Waals surface area contributed by atoms with Gasteiger partial charge in [0.25, 0.3) is 0 Å². The number of amides is 1. The summed E-state index contributed by atoms with van der Waals surface area (Å²) in [4.78, 5) is 20.7. The van der Waals surface area contributed by atoms with E-state index in [4.69, 9.17) is 4.74 Å². The van der Waals surface area contributed by atoms with Crippen LogP contribution in [0.4, 0.5) is 8.78 Å². The van der Waals surface area contributed by atoms with E-state index in [1.165, 1.54) is 0 Å². The quantitative estimate of drug-likeness (QED) is 0.647. The summed E-state index contributed by atoms with van der Waals surface area (Å²) in [6.45, 7) is 6.43. The molecule has 166 valence electrons. The first kappa shape index (κ1) is 21.2. The predicted octanol–water partition coefficient (Wildman–Crippen LogP) is 3.13. The van der Waals surface area contributed by atoms with E-state index >= 15 is 0 Å². The van der Waals surface area contributed by atoms with Gasteiger partial charge in [0.05, 0.1) is 29.3 Å². The number of halogens is 2. The number of imidazole rings is 1. The van der Waals surface area contributed by atoms with Crippen molar-refractivity contribution in [2.24, 2.45) is 13.0 Å². The van der Waals surface area contributed by atoms with Crippen LogP contribution in [0, 0.1) is 5.92 Å². The fourth-order valence-corrected chi connectivity index (χ4v) is 3.74. The van der Waals surface area contributed by atoms with Crippen molar-refractivity contribution in [3.8, 4) is 17.1 Å². The van der Waals surface area contributed by atoms with E-state index in [9.17, 15) is 13.6 Å². The molecule has 1 amide bonds. The highest BCUT2D eigenvalue weighted by Gasteiger charge is 2.34. The van der Waals surface area contributed by atoms with Gasteiger partial charge in [0.2, 0.25) is 18.2 Å². The van der Waals surface area contributed by atoms with Crippen molar-refractivity contribution in [1.29, 1.82) is 0 Å². The first-order chi connectivity index (χ1) is 14.6. The van der Waals surface area contributed by atoms with Gasteiger partial charge in [0, 0.05) is 44.1 Å². The van der Waals surface area contributed by atoms with Crippen LogP contribution < -0.4 is 10.1 Å². The monoisotopic (exact) mass is 432 g/mol. The van der Waals surface area contributed by atoms with Crippen LogP contribution in [0.3, 0.4) is 0 Å². The summed E-state index contributed by atoms with van der Waals surface area (Å²) in [7, 11) is 1.80. The van der Waals surface area contributed by atoms with Crippen LogP contribution in [0.1, 0.15) is 33.6 Å². The molecule has 10 heteroatoms. The molecule has 1 aliphatic rings. The number of ether oxygens (including phenoxy) is 1. The van der Waals surface area contributed by atoms with Crippen molar-refractivity contribution in [3.05, 3.63) is 24.8 Å². The second-order valence-corrected chi connectivity index (χ2v) is 8.93. The van der Waals surface area contributed by atoms with E-state index in [0.717, 1.165) is 5.56 Å². The molecule has 2 atom stereocenters. The topological polar surface area (TPSA) is 86.9 Å². The molecule has 3 aromatic rings. The van der Waals surface area contributed by atoms with Gasteiger partial charge in [-0.15, -0.1) is 0 Å². The fraction of sp³-hybridized carbons (Fsp3) is 0.524. The highest BCUT2D eigenvalue weighted by Crippen LogP contribution is 2.32. The number of carbonyl (C=O) groups excluding carboxylic acids is 1. The Kier molecular flexibility index (Phi) is 5.40. The van der Waals surface area contributed by atoms with Gasteiger partial charge >= 0.3 is 0 Å². The van der Waals surface area contributed by atoms with Gasteiger partial charge in [-0.05, 0) is 26.8 Å². The lowest BCUT2D eigenvalue weighted by atomic mass is 9.99. The molecule has 3 aromatic heterocycles. The summed E-state index contributed by atoms with van der Waals surface area (Å²) in [5.74, 6) is -0.283. The summed E-state index contributed by atoms with van der Waals surface area (Å²) in [5, 5.41) is 7.11. The fourth-order valence-electron chi connectivity index (χ4n) is 3.74. The van der Waals surface area contributed by atoms with E-state index in [1.54, 1.807) is 24.1 Å². The summed E-state index contributed by atoms with van der Waals surface area (Å²) in [6, 6.07) is 1.83. The summed E-state index contributed by atoms with van der Waals surface area (Å²) < 4.78 is 36.2. The van der Waals surface area contributed by atoms with Crippen LogP contribution >= 0.6 is 0 Å². The van der Waals surface area contributed by atoms with Gasteiger partial charge < -0.3 is 14.6 Å². The van der Waals surface area contributed by atoms with E-state index in [2.05, 4.69) is 20.4 Å². The number of carbonyl (C=O) groups is 1. The molecule has 1 saturated heterocycles. The van der Waals surface area contributed by atoms with Gasteiger partial charge in [-0.2, -0.15) is 5.10 Å². The zero-order valence-electron chi connectivity index (χ0n) is 18.0. The zero-order valence-corrected chi connectivity index (χ0v) is 18.0. The van der Waals surface area contributed by atoms with Crippen LogP contribution in [-0.2, 0) is 17.4 Å². The van der Waals surface area contributed by atoms with Crippen molar-refractivity contribution in [2.75, 3.05) is 6.54 Å². The molecule has 0 saturated carbocycles. The number of nitrogens with zero attached hydrogens (tertiary/aromatic N) is 5. The second kappa shape index (κ2) is 7.90. The smallest absolute Gasteiger partial charge is 0.242 e. The van der Waals surface area contributed by atoms with Crippen molar-refractivity contribution in [1.82, 2.24) is 29.6 Å². The largest absolute Gasteiger partial charge is 0.472 e. The summed E-state index contributed by atoms with van der Waals surface area (Å²) >= 11 is 0. The van der Waals surface area contributed by atoms with Crippen LogP contribution in [0.15, 0.2) is 24.8 Å². The minimum atomic E-state index is -2.56. The molecule has 0 bridgehead atoms. The Morgan fingerprint density at radius 2 is 2.13 bits per heavy atom. The molecule has 1 unspecified atom stereocenters. The van der Waals surface area contributed by atoms with Gasteiger partial charge in [0.15, 0.2) is 0 Å². The molecule has 31 heavy (non-hydrogen) atoms. The molecule has 0 radical (unpaired) electrons. The molecule has 4 heterocycles. The number of nitrogens with one attached hydrogen (secondary N) is 1. The molecule has 1 N–H and O–H groups in total. The van der Waals surface area contributed by atoms with Gasteiger partial charge in [-0.25, -0.2) is 18.7 Å². The normalized spacial score (nSPS) is 18.0. The molecule has 0 aliphatic carbocycles. The molecule has 4 rings (SSSR count). The van der Waals surface area contributed by atoms with Crippen molar-refractivity contribution in [3.63, 3.8) is 0 Å². The lowest BCUT2D eigenvalue weighted by Gasteiger charge is -2.23. The lowest BCUT2D eigenvalue weighted by molar-refractivity contribution is -0.119. The highest BCUT2D eigenvalue weighted by atomic mass is 19.3. The van der Waals surface area contributed by atoms with Crippen molar-refractivity contribution >= 4 is 16.9 Å². The maximum absolute atomic E-state index is 13.3. The zero-order chi connectivity index (χ0) is 22.3. The highest BCUT2D eigenvalue weighted by molar-refractivity contribution is 5.84. The molecule has 0 aromatic carbocycles. The third-order valence-electron chi connectivity index (χ3n) is 5.44. The first-order valence-electron chi connectivity index (χ1n) is 10.2. The predicted molar refractivity (Wildman–Crippen MR) is 111 cm³/mol. The SMILES string of the molecule is Cn1cnc2cc(-c3cnn(C(C)(C)C)c3)nc(OC(CC(F)F)[C@H]3CNC(=O)C3)c21. The average molecular weight is 432 g/mol. The summed E-state index contributed by atoms with van der Waals surface area (Å²) in [6.07, 6.45) is 1.49. The molecule has 0 spiro atoms. The number of fused-ring (bicyclic) bond motifs is 1. The maximum Gasteiger partial charge on any atom is 0.242 e. The van der Waals surface area contributed by atoms with Gasteiger partial charge in [-0.1, -0.05) is 0 Å². The van der Waals surface area contributed by atoms with Crippen molar-refractivity contribution in [2.45, 2.75) is 51.7 Å². The molecular weight excluding hydrogens is 406 g/mol. The molecular formula is C21H26F2N6O2. The number of pyridine rings is 1. The van der Waals surface area contributed by atoms with E-state index in [-0.39, 0.29) is 29.7 Å². The van der Waals surface area contributed by atoms with Crippen LogP contribution in [0.25, 0.3) is 22.3 Å². The number of alkyl halides is 2. The Hall–Kier alpha value is -3.04. The third-order valence-corrected chi connectivity index (χ3v) is 5.44. The second-order valence-electron chi connectivity index (χ2n) is 8.93. The maximum atomic E-state index is 13.3. The van der Waals surface area contributed by atoms with E-state index in [0.29, 0.717) is 23.3 Å². The van der Waals surface area contributed by atoms with Gasteiger partial charge in [0.1, 0.15) is 11.6 Å². The number of hydrogen-bond donors (Lipinski definition) is 1. The molecule has 8 nitrogen and oxygen atoms in total. The molecule has 1 aliphatic heterocycles. The van der Waals surface area contributed by atoms with Crippen LogP contribution in [-0.4, -0.2) is 49.3 Å². The van der Waals surface area contributed by atoms with Crippen LogP contribution in [0.5, 0.6) is 5.88 Å². The Bertz CT molecular complexity index is 1100. The number of aryl methyl sites for hydroxylation is 1. The minimum Gasteiger partial charge on any atom is -0.472 e. The average Bonchev–Trinajstić information content (AvgIpc) is 3.40. The van der Waals surface area contributed by atoms with E-state index < -0.39 is 19.0 Å². The number of aromatic nitrogens is 5.